The van der Waals surface area contributed by atoms with Crippen LogP contribution in [0.1, 0.15) is 25.7 Å². The number of carbonyl (C=O) groups excluding carboxylic acids is 1. The molecule has 0 fully saturated rings. The predicted molar refractivity (Wildman–Crippen MR) is 74.6 cm³/mol. The summed E-state index contributed by atoms with van der Waals surface area (Å²) in [4.78, 5) is 28.7. The van der Waals surface area contributed by atoms with E-state index in [1.165, 1.54) is 7.11 Å². The Hall–Kier alpha value is -0.660. The van der Waals surface area contributed by atoms with E-state index < -0.39 is 19.8 Å². The molecule has 0 aromatic carbocycles. The molecule has 0 radical (unpaired) electrons. The Kier molecular flexibility index (Phi) is 10.7. The molecule has 0 heterocycles. The molecule has 0 saturated carbocycles. The maximum Gasteiger partial charge on any atom is 0.407 e. The highest BCUT2D eigenvalue weighted by Gasteiger charge is 2.12. The average molecular weight is 312 g/mol. The maximum absolute atomic E-state index is 11.4. The first-order chi connectivity index (χ1) is 9.39. The van der Waals surface area contributed by atoms with Crippen LogP contribution in [-0.2, 0) is 14.0 Å². The molecule has 0 aliphatic carbocycles. The van der Waals surface area contributed by atoms with E-state index in [2.05, 4.69) is 5.32 Å². The van der Waals surface area contributed by atoms with Crippen molar-refractivity contribution in [1.29, 1.82) is 0 Å². The van der Waals surface area contributed by atoms with Crippen molar-refractivity contribution in [3.63, 3.8) is 0 Å². The van der Waals surface area contributed by atoms with Crippen LogP contribution < -0.4 is 11.1 Å². The minimum Gasteiger partial charge on any atom is -0.442 e. The van der Waals surface area contributed by atoms with Gasteiger partial charge in [0.1, 0.15) is 6.10 Å². The zero-order valence-corrected chi connectivity index (χ0v) is 12.7. The summed E-state index contributed by atoms with van der Waals surface area (Å²) in [5, 5.41) is 2.59. The number of nitrogens with one attached hydrogen (secondary N) is 1. The Labute approximate surface area is 119 Å². The molecule has 0 rings (SSSR count). The Balaban J connectivity index is 3.50. The van der Waals surface area contributed by atoms with Crippen LogP contribution >= 0.6 is 7.60 Å². The predicted octanol–water partition coefficient (Wildman–Crippen LogP) is 0.424. The van der Waals surface area contributed by atoms with Gasteiger partial charge in [-0.15, -0.1) is 0 Å². The van der Waals surface area contributed by atoms with Gasteiger partial charge in [0.15, 0.2) is 0 Å². The van der Waals surface area contributed by atoms with Gasteiger partial charge in [-0.1, -0.05) is 12.8 Å². The van der Waals surface area contributed by atoms with Crippen LogP contribution in [0, 0.1) is 0 Å². The molecular formula is C11H25N2O6P. The second-order valence-corrected chi connectivity index (χ2v) is 6.22. The van der Waals surface area contributed by atoms with Gasteiger partial charge in [0.2, 0.25) is 0 Å². The number of carbonyl (C=O) groups is 1. The summed E-state index contributed by atoms with van der Waals surface area (Å²) in [6.45, 7) is 0.912. The molecule has 0 aromatic rings. The molecule has 1 amide bonds. The third-order valence-electron chi connectivity index (χ3n) is 2.53. The largest absolute Gasteiger partial charge is 0.442 e. The lowest BCUT2D eigenvalue weighted by Crippen LogP contribution is -2.36. The van der Waals surface area contributed by atoms with Crippen molar-refractivity contribution in [2.24, 2.45) is 5.73 Å². The summed E-state index contributed by atoms with van der Waals surface area (Å²) in [5.74, 6) is 0. The smallest absolute Gasteiger partial charge is 0.407 e. The highest BCUT2D eigenvalue weighted by atomic mass is 31.2. The van der Waals surface area contributed by atoms with Crippen molar-refractivity contribution < 1.29 is 28.6 Å². The van der Waals surface area contributed by atoms with Crippen LogP contribution in [0.2, 0.25) is 0 Å². The summed E-state index contributed by atoms with van der Waals surface area (Å²) in [6, 6.07) is 0. The highest BCUT2D eigenvalue weighted by molar-refractivity contribution is 7.51. The van der Waals surface area contributed by atoms with Gasteiger partial charge in [0.05, 0.1) is 6.61 Å². The molecule has 8 nitrogen and oxygen atoms in total. The number of nitrogens with two attached hydrogens (primary N) is 1. The first-order valence-corrected chi connectivity index (χ1v) is 8.37. The number of hydrogen-bond donors (Lipinski definition) is 4. The summed E-state index contributed by atoms with van der Waals surface area (Å²) >= 11 is 0. The van der Waals surface area contributed by atoms with E-state index in [1.54, 1.807) is 0 Å². The zero-order valence-electron chi connectivity index (χ0n) is 11.8. The summed E-state index contributed by atoms with van der Waals surface area (Å²) < 4.78 is 20.4. The topological polar surface area (TPSA) is 131 Å². The Morgan fingerprint density at radius 1 is 1.30 bits per heavy atom. The molecule has 5 N–H and O–H groups in total. The summed E-state index contributed by atoms with van der Waals surface area (Å²) in [5.41, 5.74) is 5.40. The van der Waals surface area contributed by atoms with Gasteiger partial charge in [0.25, 0.3) is 0 Å². The van der Waals surface area contributed by atoms with Crippen LogP contribution in [0.3, 0.4) is 0 Å². The van der Waals surface area contributed by atoms with Crippen LogP contribution in [0.5, 0.6) is 0 Å². The van der Waals surface area contributed by atoms with Crippen LogP contribution in [0.25, 0.3) is 0 Å². The van der Waals surface area contributed by atoms with Crippen molar-refractivity contribution >= 4 is 13.7 Å². The molecule has 1 atom stereocenters. The van der Waals surface area contributed by atoms with E-state index in [9.17, 15) is 9.36 Å². The van der Waals surface area contributed by atoms with Gasteiger partial charge in [0, 0.05) is 26.4 Å². The van der Waals surface area contributed by atoms with Crippen molar-refractivity contribution in [3.8, 4) is 0 Å². The SMILES string of the molecule is COC[C@@H](CN)OC(=O)NCCCCCCP(=O)(O)O. The number of alkyl carbamates (subject to hydrolysis) is 1. The van der Waals surface area contributed by atoms with Gasteiger partial charge < -0.3 is 30.3 Å². The normalized spacial score (nSPS) is 13.0. The summed E-state index contributed by atoms with van der Waals surface area (Å²) in [7, 11) is -2.38. The molecule has 0 spiro atoms. The highest BCUT2D eigenvalue weighted by Crippen LogP contribution is 2.35. The lowest BCUT2D eigenvalue weighted by molar-refractivity contribution is 0.0438. The molecular weight excluding hydrogens is 287 g/mol. The van der Waals surface area contributed by atoms with Crippen LogP contribution in [0.4, 0.5) is 4.79 Å². The van der Waals surface area contributed by atoms with E-state index in [4.69, 9.17) is 25.0 Å². The van der Waals surface area contributed by atoms with E-state index in [1.807, 2.05) is 0 Å². The molecule has 20 heavy (non-hydrogen) atoms. The standard InChI is InChI=1S/C11H25N2O6P/c1-18-9-10(8-12)19-11(14)13-6-4-2-3-5-7-20(15,16)17/h10H,2-9,12H2,1H3,(H,13,14)(H2,15,16,17)/t10-/m1/s1. The molecule has 120 valence electrons. The van der Waals surface area contributed by atoms with Gasteiger partial charge >= 0.3 is 13.7 Å². The van der Waals surface area contributed by atoms with Crippen molar-refractivity contribution in [3.05, 3.63) is 0 Å². The first-order valence-electron chi connectivity index (χ1n) is 6.57. The Morgan fingerprint density at radius 3 is 2.50 bits per heavy atom. The molecule has 0 bridgehead atoms. The molecule has 0 aromatic heterocycles. The number of rotatable bonds is 11. The molecule has 0 unspecified atom stereocenters. The number of ether oxygens (including phenoxy) is 2. The van der Waals surface area contributed by atoms with E-state index in [0.717, 1.165) is 19.3 Å². The Morgan fingerprint density at radius 2 is 1.95 bits per heavy atom. The second kappa shape index (κ2) is 11.0. The molecule has 0 aliphatic rings. The quantitative estimate of drug-likeness (QED) is 0.321. The number of methoxy groups -OCH3 is 1. The number of amides is 1. The van der Waals surface area contributed by atoms with Gasteiger partial charge in [-0.05, 0) is 12.8 Å². The zero-order chi connectivity index (χ0) is 15.4. The monoisotopic (exact) mass is 312 g/mol. The van der Waals surface area contributed by atoms with E-state index in [-0.39, 0.29) is 19.3 Å². The lowest BCUT2D eigenvalue weighted by Gasteiger charge is -2.15. The van der Waals surface area contributed by atoms with Gasteiger partial charge in [-0.25, -0.2) is 4.79 Å². The third kappa shape index (κ3) is 12.4. The summed E-state index contributed by atoms with van der Waals surface area (Å²) in [6.07, 6.45) is 1.65. The third-order valence-corrected chi connectivity index (χ3v) is 3.43. The maximum atomic E-state index is 11.4. The minimum absolute atomic E-state index is 0.0856. The Bertz CT molecular complexity index is 309. The van der Waals surface area contributed by atoms with Gasteiger partial charge in [-0.3, -0.25) is 4.57 Å². The molecule has 0 aliphatic heterocycles. The van der Waals surface area contributed by atoms with Crippen molar-refractivity contribution in [2.45, 2.75) is 31.8 Å². The van der Waals surface area contributed by atoms with Crippen molar-refractivity contribution in [1.82, 2.24) is 5.32 Å². The van der Waals surface area contributed by atoms with E-state index >= 15 is 0 Å². The average Bonchev–Trinajstić information content (AvgIpc) is 2.35. The fraction of sp³-hybridized carbons (Fsp3) is 0.909. The lowest BCUT2D eigenvalue weighted by atomic mass is 10.2. The molecule has 0 saturated heterocycles. The van der Waals surface area contributed by atoms with E-state index in [0.29, 0.717) is 13.0 Å². The molecule has 9 heteroatoms. The number of hydrogen-bond acceptors (Lipinski definition) is 5. The first kappa shape index (κ1) is 19.3. The van der Waals surface area contributed by atoms with Crippen LogP contribution in [-0.4, -0.2) is 55.0 Å². The van der Waals surface area contributed by atoms with Crippen molar-refractivity contribution in [2.75, 3.05) is 33.0 Å². The minimum atomic E-state index is -3.88. The van der Waals surface area contributed by atoms with Gasteiger partial charge in [-0.2, -0.15) is 0 Å². The fourth-order valence-electron chi connectivity index (χ4n) is 1.52. The second-order valence-electron chi connectivity index (χ2n) is 4.45. The number of unbranched alkanes of at least 4 members (excludes halogenated alkanes) is 3. The van der Waals surface area contributed by atoms with Crippen LogP contribution in [0.15, 0.2) is 0 Å². The fourth-order valence-corrected chi connectivity index (χ4v) is 2.15.